The maximum absolute atomic E-state index is 12.0. The molecule has 142 valence electrons. The number of carbonyl (C=O) groups excluding carboxylic acids is 1. The van der Waals surface area contributed by atoms with Crippen molar-refractivity contribution in [3.8, 4) is 5.75 Å². The average Bonchev–Trinajstić information content (AvgIpc) is 2.62. The lowest BCUT2D eigenvalue weighted by Crippen LogP contribution is -2.36. The van der Waals surface area contributed by atoms with Gasteiger partial charge in [0.2, 0.25) is 5.91 Å². The fourth-order valence-electron chi connectivity index (χ4n) is 2.72. The summed E-state index contributed by atoms with van der Waals surface area (Å²) in [4.78, 5) is 14.4. The molecule has 0 spiro atoms. The molecular formula is C18H30ClN3O2S. The highest BCUT2D eigenvalue weighted by Crippen LogP contribution is 2.16. The number of nitrogens with zero attached hydrogens (tertiary/aromatic N) is 1. The van der Waals surface area contributed by atoms with Gasteiger partial charge in [-0.15, -0.1) is 12.4 Å². The highest BCUT2D eigenvalue weighted by Gasteiger charge is 2.13. The number of ether oxygens (including phenoxy) is 1. The summed E-state index contributed by atoms with van der Waals surface area (Å²) in [6.45, 7) is 4.05. The first kappa shape index (κ1) is 22.1. The fraction of sp³-hybridized carbons (Fsp3) is 0.611. The van der Waals surface area contributed by atoms with E-state index in [-0.39, 0.29) is 18.3 Å². The van der Waals surface area contributed by atoms with Crippen LogP contribution in [0.3, 0.4) is 0 Å². The van der Waals surface area contributed by atoms with Gasteiger partial charge in [-0.1, -0.05) is 6.42 Å². The Morgan fingerprint density at radius 3 is 2.60 bits per heavy atom. The zero-order valence-electron chi connectivity index (χ0n) is 14.9. The van der Waals surface area contributed by atoms with Crippen LogP contribution in [0.2, 0.25) is 0 Å². The molecule has 0 bridgehead atoms. The minimum Gasteiger partial charge on any atom is -0.492 e. The van der Waals surface area contributed by atoms with Crippen molar-refractivity contribution in [2.24, 2.45) is 5.73 Å². The third kappa shape index (κ3) is 8.31. The van der Waals surface area contributed by atoms with Gasteiger partial charge in [0, 0.05) is 12.2 Å². The van der Waals surface area contributed by atoms with Crippen molar-refractivity contribution in [2.45, 2.75) is 31.7 Å². The van der Waals surface area contributed by atoms with Crippen LogP contribution in [-0.2, 0) is 4.79 Å². The molecule has 1 aliphatic heterocycles. The summed E-state index contributed by atoms with van der Waals surface area (Å²) in [5.74, 6) is 1.58. The predicted molar refractivity (Wildman–Crippen MR) is 109 cm³/mol. The monoisotopic (exact) mass is 387 g/mol. The lowest BCUT2D eigenvalue weighted by atomic mass is 10.1. The molecule has 1 unspecified atom stereocenters. The number of hydrogen-bond donors (Lipinski definition) is 2. The topological polar surface area (TPSA) is 67.6 Å². The average molecular weight is 388 g/mol. The first-order chi connectivity index (χ1) is 11.7. The van der Waals surface area contributed by atoms with Crippen molar-refractivity contribution in [3.63, 3.8) is 0 Å². The Labute approximate surface area is 161 Å². The van der Waals surface area contributed by atoms with E-state index >= 15 is 0 Å². The number of amides is 1. The molecule has 0 saturated carbocycles. The standard InChI is InChI=1S/C18H29N3O2S.ClH/c1-24-14-9-17(19)18(22)20-15-5-7-16(8-6-15)23-13-12-21-10-3-2-4-11-21;/h5-8,17H,2-4,9-14,19H2,1H3,(H,20,22);1H. The second-order valence-corrected chi connectivity index (χ2v) is 7.14. The Morgan fingerprint density at radius 1 is 1.28 bits per heavy atom. The van der Waals surface area contributed by atoms with Gasteiger partial charge in [-0.05, 0) is 68.6 Å². The molecule has 1 fully saturated rings. The van der Waals surface area contributed by atoms with Crippen molar-refractivity contribution in [1.82, 2.24) is 4.90 Å². The second-order valence-electron chi connectivity index (χ2n) is 6.15. The third-order valence-corrected chi connectivity index (χ3v) is 4.86. The molecule has 25 heavy (non-hydrogen) atoms. The zero-order valence-corrected chi connectivity index (χ0v) is 16.5. The number of halogens is 1. The highest BCUT2D eigenvalue weighted by molar-refractivity contribution is 7.98. The third-order valence-electron chi connectivity index (χ3n) is 4.22. The minimum atomic E-state index is -0.460. The van der Waals surface area contributed by atoms with E-state index in [4.69, 9.17) is 10.5 Å². The molecule has 0 aromatic heterocycles. The molecule has 0 aliphatic carbocycles. The van der Waals surface area contributed by atoms with Gasteiger partial charge < -0.3 is 15.8 Å². The Morgan fingerprint density at radius 2 is 1.96 bits per heavy atom. The molecule has 1 aliphatic rings. The molecule has 3 N–H and O–H groups in total. The molecule has 2 rings (SSSR count). The van der Waals surface area contributed by atoms with Crippen LogP contribution >= 0.6 is 24.2 Å². The first-order valence-electron chi connectivity index (χ1n) is 8.69. The van der Waals surface area contributed by atoms with Crippen LogP contribution < -0.4 is 15.8 Å². The van der Waals surface area contributed by atoms with Crippen LogP contribution in [0, 0.1) is 0 Å². The van der Waals surface area contributed by atoms with Crippen LogP contribution in [0.5, 0.6) is 5.75 Å². The molecule has 0 radical (unpaired) electrons. The summed E-state index contributed by atoms with van der Waals surface area (Å²) in [7, 11) is 0. The van der Waals surface area contributed by atoms with E-state index in [0.29, 0.717) is 13.0 Å². The van der Waals surface area contributed by atoms with E-state index < -0.39 is 6.04 Å². The first-order valence-corrected chi connectivity index (χ1v) is 10.1. The SMILES string of the molecule is CSCCC(N)C(=O)Nc1ccc(OCCN2CCCCC2)cc1.Cl. The molecule has 1 saturated heterocycles. The van der Waals surface area contributed by atoms with E-state index in [1.165, 1.54) is 32.4 Å². The number of piperidine rings is 1. The Hall–Kier alpha value is -0.950. The van der Waals surface area contributed by atoms with E-state index in [0.717, 1.165) is 23.7 Å². The van der Waals surface area contributed by atoms with E-state index in [9.17, 15) is 4.79 Å². The van der Waals surface area contributed by atoms with Gasteiger partial charge in [0.05, 0.1) is 6.04 Å². The van der Waals surface area contributed by atoms with Gasteiger partial charge in [0.25, 0.3) is 0 Å². The summed E-state index contributed by atoms with van der Waals surface area (Å²) in [5, 5.41) is 2.85. The Kier molecular flexibility index (Phi) is 11.0. The van der Waals surface area contributed by atoms with E-state index in [1.807, 2.05) is 30.5 Å². The van der Waals surface area contributed by atoms with Gasteiger partial charge >= 0.3 is 0 Å². The van der Waals surface area contributed by atoms with Gasteiger partial charge in [0.1, 0.15) is 12.4 Å². The van der Waals surface area contributed by atoms with Gasteiger partial charge in [-0.2, -0.15) is 11.8 Å². The maximum Gasteiger partial charge on any atom is 0.241 e. The molecule has 5 nitrogen and oxygen atoms in total. The summed E-state index contributed by atoms with van der Waals surface area (Å²) in [6.07, 6.45) is 6.64. The van der Waals surface area contributed by atoms with Crippen molar-refractivity contribution in [2.75, 3.05) is 43.6 Å². The van der Waals surface area contributed by atoms with Crippen LogP contribution in [0.1, 0.15) is 25.7 Å². The van der Waals surface area contributed by atoms with Crippen molar-refractivity contribution in [1.29, 1.82) is 0 Å². The van der Waals surface area contributed by atoms with Crippen molar-refractivity contribution < 1.29 is 9.53 Å². The minimum absolute atomic E-state index is 0. The van der Waals surface area contributed by atoms with Crippen molar-refractivity contribution in [3.05, 3.63) is 24.3 Å². The largest absolute Gasteiger partial charge is 0.492 e. The second kappa shape index (κ2) is 12.4. The molecule has 1 aromatic rings. The number of nitrogens with one attached hydrogen (secondary N) is 1. The van der Waals surface area contributed by atoms with Crippen LogP contribution in [0.4, 0.5) is 5.69 Å². The molecular weight excluding hydrogens is 358 g/mol. The fourth-order valence-corrected chi connectivity index (χ4v) is 3.21. The lowest BCUT2D eigenvalue weighted by Gasteiger charge is -2.26. The zero-order chi connectivity index (χ0) is 17.2. The molecule has 1 heterocycles. The highest BCUT2D eigenvalue weighted by atomic mass is 35.5. The summed E-state index contributed by atoms with van der Waals surface area (Å²) in [6, 6.07) is 7.03. The van der Waals surface area contributed by atoms with Crippen LogP contribution in [-0.4, -0.2) is 55.1 Å². The molecule has 1 atom stereocenters. The number of benzene rings is 1. The lowest BCUT2D eigenvalue weighted by molar-refractivity contribution is -0.117. The Bertz CT molecular complexity index is 496. The summed E-state index contributed by atoms with van der Waals surface area (Å²) < 4.78 is 5.79. The summed E-state index contributed by atoms with van der Waals surface area (Å²) >= 11 is 1.69. The van der Waals surface area contributed by atoms with Gasteiger partial charge in [-0.3, -0.25) is 9.69 Å². The van der Waals surface area contributed by atoms with Crippen molar-refractivity contribution >= 4 is 35.8 Å². The van der Waals surface area contributed by atoms with Crippen LogP contribution in [0.15, 0.2) is 24.3 Å². The van der Waals surface area contributed by atoms with Crippen LogP contribution in [0.25, 0.3) is 0 Å². The molecule has 1 aromatic carbocycles. The Balaban J connectivity index is 0.00000312. The smallest absolute Gasteiger partial charge is 0.241 e. The number of rotatable bonds is 9. The number of nitrogens with two attached hydrogens (primary N) is 1. The number of carbonyl (C=O) groups is 1. The maximum atomic E-state index is 12.0. The number of anilines is 1. The summed E-state index contributed by atoms with van der Waals surface area (Å²) in [5.41, 5.74) is 6.62. The van der Waals surface area contributed by atoms with Gasteiger partial charge in [-0.25, -0.2) is 0 Å². The normalized spacial score (nSPS) is 15.9. The number of thioether (sulfide) groups is 1. The number of likely N-dealkylation sites (tertiary alicyclic amines) is 1. The quantitative estimate of drug-likeness (QED) is 0.681. The van der Waals surface area contributed by atoms with E-state index in [1.54, 1.807) is 11.8 Å². The van der Waals surface area contributed by atoms with E-state index in [2.05, 4.69) is 10.2 Å². The molecule has 7 heteroatoms. The molecule has 1 amide bonds. The predicted octanol–water partition coefficient (Wildman–Crippen LogP) is 2.99. The number of hydrogen-bond acceptors (Lipinski definition) is 5. The van der Waals surface area contributed by atoms with Gasteiger partial charge in [0.15, 0.2) is 0 Å².